The number of carbonyl (C=O) groups is 1. The van der Waals surface area contributed by atoms with E-state index in [0.29, 0.717) is 24.7 Å². The quantitative estimate of drug-likeness (QED) is 0.743. The Morgan fingerprint density at radius 3 is 2.71 bits per heavy atom. The lowest BCUT2D eigenvalue weighted by molar-refractivity contribution is -0.120. The van der Waals surface area contributed by atoms with Crippen LogP contribution in [-0.4, -0.2) is 18.4 Å². The van der Waals surface area contributed by atoms with Crippen molar-refractivity contribution in [3.63, 3.8) is 0 Å². The molecular formula is C14H16FNO. The van der Waals surface area contributed by atoms with Gasteiger partial charge < -0.3 is 4.90 Å². The molecule has 3 rings (SSSR count). The van der Waals surface area contributed by atoms with Gasteiger partial charge in [0.1, 0.15) is 11.6 Å². The SMILES string of the molecule is O=C1CCC(N2CCc3ccc(F)cc32)CC1. The van der Waals surface area contributed by atoms with Gasteiger partial charge in [0.2, 0.25) is 0 Å². The number of hydrogen-bond acceptors (Lipinski definition) is 2. The molecule has 1 saturated carbocycles. The normalized spacial score (nSPS) is 20.8. The average molecular weight is 233 g/mol. The van der Waals surface area contributed by atoms with Crippen LogP contribution in [0.3, 0.4) is 0 Å². The summed E-state index contributed by atoms with van der Waals surface area (Å²) in [7, 11) is 0. The Kier molecular flexibility index (Phi) is 2.61. The van der Waals surface area contributed by atoms with Crippen molar-refractivity contribution in [3.8, 4) is 0 Å². The van der Waals surface area contributed by atoms with Crippen molar-refractivity contribution in [2.24, 2.45) is 0 Å². The molecule has 2 aliphatic rings. The van der Waals surface area contributed by atoms with Crippen LogP contribution in [-0.2, 0) is 11.2 Å². The lowest BCUT2D eigenvalue weighted by atomic mass is 9.93. The molecule has 0 saturated heterocycles. The summed E-state index contributed by atoms with van der Waals surface area (Å²) in [5, 5.41) is 0. The van der Waals surface area contributed by atoms with Gasteiger partial charge in [0.05, 0.1) is 0 Å². The predicted molar refractivity (Wildman–Crippen MR) is 64.7 cm³/mol. The minimum atomic E-state index is -0.164. The molecule has 1 fully saturated rings. The van der Waals surface area contributed by atoms with Crippen molar-refractivity contribution in [1.82, 2.24) is 0 Å². The lowest BCUT2D eigenvalue weighted by Gasteiger charge is -2.32. The Morgan fingerprint density at radius 1 is 1.18 bits per heavy atom. The molecule has 3 heteroatoms. The molecule has 2 nitrogen and oxygen atoms in total. The van der Waals surface area contributed by atoms with E-state index >= 15 is 0 Å². The third kappa shape index (κ3) is 1.94. The van der Waals surface area contributed by atoms with E-state index in [1.165, 1.54) is 11.6 Å². The minimum absolute atomic E-state index is 0.164. The molecule has 90 valence electrons. The Balaban J connectivity index is 1.83. The first-order valence-electron chi connectivity index (χ1n) is 6.31. The third-order valence-electron chi connectivity index (χ3n) is 3.93. The van der Waals surface area contributed by atoms with Crippen LogP contribution in [0.25, 0.3) is 0 Å². The van der Waals surface area contributed by atoms with Crippen molar-refractivity contribution in [1.29, 1.82) is 0 Å². The smallest absolute Gasteiger partial charge is 0.133 e. The highest BCUT2D eigenvalue weighted by molar-refractivity contribution is 5.79. The highest BCUT2D eigenvalue weighted by atomic mass is 19.1. The summed E-state index contributed by atoms with van der Waals surface area (Å²) in [5.41, 5.74) is 2.28. The van der Waals surface area contributed by atoms with Gasteiger partial charge in [0.15, 0.2) is 0 Å². The molecule has 0 bridgehead atoms. The van der Waals surface area contributed by atoms with Crippen LogP contribution in [0.5, 0.6) is 0 Å². The van der Waals surface area contributed by atoms with E-state index < -0.39 is 0 Å². The van der Waals surface area contributed by atoms with Gasteiger partial charge >= 0.3 is 0 Å². The number of benzene rings is 1. The molecule has 0 N–H and O–H groups in total. The minimum Gasteiger partial charge on any atom is -0.368 e. The van der Waals surface area contributed by atoms with Gasteiger partial charge in [-0.05, 0) is 37.0 Å². The number of rotatable bonds is 1. The highest BCUT2D eigenvalue weighted by Crippen LogP contribution is 2.34. The highest BCUT2D eigenvalue weighted by Gasteiger charge is 2.29. The summed E-state index contributed by atoms with van der Waals surface area (Å²) in [4.78, 5) is 13.5. The summed E-state index contributed by atoms with van der Waals surface area (Å²) in [6, 6.07) is 5.49. The van der Waals surface area contributed by atoms with Crippen molar-refractivity contribution >= 4 is 11.5 Å². The first kappa shape index (κ1) is 10.8. The molecular weight excluding hydrogens is 217 g/mol. The molecule has 17 heavy (non-hydrogen) atoms. The van der Waals surface area contributed by atoms with E-state index in [9.17, 15) is 9.18 Å². The van der Waals surface area contributed by atoms with Crippen LogP contribution < -0.4 is 4.90 Å². The average Bonchev–Trinajstić information content (AvgIpc) is 2.73. The Labute approximate surface area is 100 Å². The topological polar surface area (TPSA) is 20.3 Å². The second-order valence-corrected chi connectivity index (χ2v) is 4.99. The van der Waals surface area contributed by atoms with Crippen molar-refractivity contribution < 1.29 is 9.18 Å². The zero-order valence-electron chi connectivity index (χ0n) is 9.79. The van der Waals surface area contributed by atoms with Gasteiger partial charge in [0, 0.05) is 31.1 Å². The van der Waals surface area contributed by atoms with Crippen molar-refractivity contribution in [3.05, 3.63) is 29.6 Å². The number of fused-ring (bicyclic) bond motifs is 1. The number of ketones is 1. The second-order valence-electron chi connectivity index (χ2n) is 4.99. The van der Waals surface area contributed by atoms with E-state index in [-0.39, 0.29) is 5.82 Å². The van der Waals surface area contributed by atoms with Crippen LogP contribution in [0.1, 0.15) is 31.2 Å². The standard InChI is InChI=1S/C14H16FNO/c15-11-2-1-10-7-8-16(14(10)9-11)12-3-5-13(17)6-4-12/h1-2,9,12H,3-8H2. The molecule has 0 radical (unpaired) electrons. The monoisotopic (exact) mass is 233 g/mol. The van der Waals surface area contributed by atoms with Gasteiger partial charge in [-0.15, -0.1) is 0 Å². The molecule has 1 aromatic rings. The maximum Gasteiger partial charge on any atom is 0.133 e. The molecule has 1 aliphatic carbocycles. The van der Waals surface area contributed by atoms with Crippen molar-refractivity contribution in [2.75, 3.05) is 11.4 Å². The summed E-state index contributed by atoms with van der Waals surface area (Å²) in [6.07, 6.45) is 4.22. The zero-order chi connectivity index (χ0) is 11.8. The Bertz CT molecular complexity index is 448. The molecule has 0 spiro atoms. The number of Topliss-reactive ketones (excluding diaryl/α,β-unsaturated/α-hetero) is 1. The lowest BCUT2D eigenvalue weighted by Crippen LogP contribution is -2.37. The van der Waals surface area contributed by atoms with Gasteiger partial charge in [-0.3, -0.25) is 4.79 Å². The number of carbonyl (C=O) groups excluding carboxylic acids is 1. The maximum atomic E-state index is 13.3. The molecule has 0 unspecified atom stereocenters. The maximum absolute atomic E-state index is 13.3. The first-order valence-corrected chi connectivity index (χ1v) is 6.31. The Hall–Kier alpha value is -1.38. The van der Waals surface area contributed by atoms with Gasteiger partial charge in [-0.1, -0.05) is 6.07 Å². The van der Waals surface area contributed by atoms with Crippen LogP contribution in [0.4, 0.5) is 10.1 Å². The van der Waals surface area contributed by atoms with E-state index in [2.05, 4.69) is 4.90 Å². The number of hydrogen-bond donors (Lipinski definition) is 0. The van der Waals surface area contributed by atoms with E-state index in [0.717, 1.165) is 31.5 Å². The number of anilines is 1. The van der Waals surface area contributed by atoms with Crippen molar-refractivity contribution in [2.45, 2.75) is 38.1 Å². The largest absolute Gasteiger partial charge is 0.368 e. The van der Waals surface area contributed by atoms with E-state index in [1.807, 2.05) is 6.07 Å². The van der Waals surface area contributed by atoms with Crippen LogP contribution >= 0.6 is 0 Å². The molecule has 1 heterocycles. The van der Waals surface area contributed by atoms with Crippen LogP contribution in [0.2, 0.25) is 0 Å². The summed E-state index contributed by atoms with van der Waals surface area (Å²) in [6.45, 7) is 0.970. The fraction of sp³-hybridized carbons (Fsp3) is 0.500. The summed E-state index contributed by atoms with van der Waals surface area (Å²) >= 11 is 0. The fourth-order valence-corrected chi connectivity index (χ4v) is 2.99. The van der Waals surface area contributed by atoms with Gasteiger partial charge in [-0.25, -0.2) is 4.39 Å². The first-order chi connectivity index (χ1) is 8.24. The molecule has 0 aromatic heterocycles. The number of nitrogens with zero attached hydrogens (tertiary/aromatic N) is 1. The molecule has 1 aromatic carbocycles. The second kappa shape index (κ2) is 4.13. The third-order valence-corrected chi connectivity index (χ3v) is 3.93. The van der Waals surface area contributed by atoms with Gasteiger partial charge in [-0.2, -0.15) is 0 Å². The summed E-state index contributed by atoms with van der Waals surface area (Å²) in [5.74, 6) is 0.211. The van der Waals surface area contributed by atoms with Crippen LogP contribution in [0, 0.1) is 5.82 Å². The molecule has 0 atom stereocenters. The van der Waals surface area contributed by atoms with Gasteiger partial charge in [0.25, 0.3) is 0 Å². The van der Waals surface area contributed by atoms with E-state index in [4.69, 9.17) is 0 Å². The molecule has 0 amide bonds. The fourth-order valence-electron chi connectivity index (χ4n) is 2.99. The zero-order valence-corrected chi connectivity index (χ0v) is 9.79. The van der Waals surface area contributed by atoms with E-state index in [1.54, 1.807) is 6.07 Å². The van der Waals surface area contributed by atoms with Crippen LogP contribution in [0.15, 0.2) is 18.2 Å². The summed E-state index contributed by atoms with van der Waals surface area (Å²) < 4.78 is 13.3. The molecule has 1 aliphatic heterocycles. The Morgan fingerprint density at radius 2 is 1.94 bits per heavy atom. The predicted octanol–water partition coefficient (Wildman–Crippen LogP) is 2.70. The number of halogens is 1.